The first kappa shape index (κ1) is 33.9. The minimum absolute atomic E-state index is 0.217. The van der Waals surface area contributed by atoms with Crippen LogP contribution in [0.2, 0.25) is 0 Å². The van der Waals surface area contributed by atoms with Crippen molar-refractivity contribution in [1.29, 1.82) is 0 Å². The zero-order valence-corrected chi connectivity index (χ0v) is 32.4. The summed E-state index contributed by atoms with van der Waals surface area (Å²) in [5, 5.41) is 0. The van der Waals surface area contributed by atoms with Crippen molar-refractivity contribution in [3.05, 3.63) is 216 Å². The third-order valence-corrected chi connectivity index (χ3v) is 12.2. The van der Waals surface area contributed by atoms with E-state index in [1.54, 1.807) is 0 Å². The van der Waals surface area contributed by atoms with Gasteiger partial charge in [-0.15, -0.1) is 0 Å². The summed E-state index contributed by atoms with van der Waals surface area (Å²) in [7, 11) is 0. The summed E-state index contributed by atoms with van der Waals surface area (Å²) >= 11 is 0. The molecule has 0 fully saturated rings. The summed E-state index contributed by atoms with van der Waals surface area (Å²) in [6.45, 7) is 9.50. The van der Waals surface area contributed by atoms with Crippen LogP contribution in [0.1, 0.15) is 49.9 Å². The van der Waals surface area contributed by atoms with E-state index in [9.17, 15) is 0 Å². The predicted octanol–water partition coefficient (Wildman–Crippen LogP) is 14.9. The number of hydrogen-bond donors (Lipinski definition) is 0. The molecule has 56 heavy (non-hydrogen) atoms. The molecule has 2 nitrogen and oxygen atoms in total. The minimum atomic E-state index is -0.217. The molecule has 0 aromatic heterocycles. The van der Waals surface area contributed by atoms with Crippen molar-refractivity contribution in [2.45, 2.75) is 38.5 Å². The number of benzene rings is 8. The van der Waals surface area contributed by atoms with Gasteiger partial charge in [-0.1, -0.05) is 161 Å². The van der Waals surface area contributed by atoms with Gasteiger partial charge in [0.1, 0.15) is 0 Å². The first-order valence-corrected chi connectivity index (χ1v) is 19.7. The highest BCUT2D eigenvalue weighted by Crippen LogP contribution is 2.56. The molecule has 0 bridgehead atoms. The van der Waals surface area contributed by atoms with Crippen LogP contribution in [0.15, 0.2) is 194 Å². The van der Waals surface area contributed by atoms with E-state index in [0.717, 1.165) is 11.4 Å². The Bertz CT molecular complexity index is 2540. The van der Waals surface area contributed by atoms with E-state index in [-0.39, 0.29) is 10.8 Å². The number of anilines is 6. The molecule has 0 amide bonds. The summed E-state index contributed by atoms with van der Waals surface area (Å²) in [5.41, 5.74) is 19.4. The molecule has 8 aromatic rings. The van der Waals surface area contributed by atoms with Crippen LogP contribution in [0.5, 0.6) is 0 Å². The Morgan fingerprint density at radius 3 is 0.964 bits per heavy atom. The molecule has 8 aromatic carbocycles. The number of nitrogens with zero attached hydrogens (tertiary/aromatic N) is 2. The summed E-state index contributed by atoms with van der Waals surface area (Å²) in [5.74, 6) is 0. The molecule has 270 valence electrons. The van der Waals surface area contributed by atoms with Gasteiger partial charge in [-0.3, -0.25) is 0 Å². The number of rotatable bonds is 5. The topological polar surface area (TPSA) is 6.48 Å². The lowest BCUT2D eigenvalue weighted by atomic mass is 9.71. The van der Waals surface area contributed by atoms with Crippen LogP contribution in [0.4, 0.5) is 34.1 Å². The van der Waals surface area contributed by atoms with Crippen LogP contribution in [0.3, 0.4) is 0 Å². The molecule has 0 atom stereocenters. The smallest absolute Gasteiger partial charge is 0.0508 e. The Morgan fingerprint density at radius 2 is 0.589 bits per heavy atom. The van der Waals surface area contributed by atoms with E-state index in [0.29, 0.717) is 0 Å². The van der Waals surface area contributed by atoms with Crippen LogP contribution < -0.4 is 9.80 Å². The summed E-state index contributed by atoms with van der Waals surface area (Å²) in [6.07, 6.45) is 0. The largest absolute Gasteiger partial charge is 0.310 e. The predicted molar refractivity (Wildman–Crippen MR) is 236 cm³/mol. The van der Waals surface area contributed by atoms with E-state index in [1.807, 2.05) is 0 Å². The molecule has 2 heteroatoms. The van der Waals surface area contributed by atoms with Gasteiger partial charge in [0.15, 0.2) is 0 Å². The van der Waals surface area contributed by atoms with Gasteiger partial charge >= 0.3 is 0 Å². The molecule has 0 aliphatic carbocycles. The van der Waals surface area contributed by atoms with Crippen molar-refractivity contribution < 1.29 is 0 Å². The van der Waals surface area contributed by atoms with Gasteiger partial charge in [-0.05, 0) is 116 Å². The average Bonchev–Trinajstić information content (AvgIpc) is 3.25. The molecule has 0 radical (unpaired) electrons. The van der Waals surface area contributed by atoms with Gasteiger partial charge in [0.2, 0.25) is 0 Å². The monoisotopic (exact) mass is 720 g/mol. The molecule has 0 saturated heterocycles. The molecule has 0 saturated carbocycles. The molecular weight excluding hydrogens is 677 g/mol. The molecule has 2 aliphatic rings. The standard InChI is InChI=1S/C54H44N2/c1-53(2)45-29-25-41(35-51(45)55(43-21-13-7-14-22-43)49-31-27-39(33-47(49)53)37-17-9-5-10-18-37)42-26-30-46-52(36-42)56(44-23-15-8-16-24-44)50-32-28-40(34-48(50)54(46,3)4)38-19-11-6-12-20-38/h5-36H,1-4H3. The van der Waals surface area contributed by atoms with Crippen LogP contribution >= 0.6 is 0 Å². The fourth-order valence-electron chi connectivity index (χ4n) is 9.19. The van der Waals surface area contributed by atoms with Gasteiger partial charge in [0.25, 0.3) is 0 Å². The normalized spacial score (nSPS) is 14.6. The highest BCUT2D eigenvalue weighted by atomic mass is 15.2. The van der Waals surface area contributed by atoms with Crippen molar-refractivity contribution in [3.63, 3.8) is 0 Å². The van der Waals surface area contributed by atoms with Crippen LogP contribution in [-0.4, -0.2) is 0 Å². The molecule has 0 unspecified atom stereocenters. The third-order valence-electron chi connectivity index (χ3n) is 12.2. The fraction of sp³-hybridized carbons (Fsp3) is 0.111. The van der Waals surface area contributed by atoms with Gasteiger partial charge in [0, 0.05) is 22.2 Å². The number of fused-ring (bicyclic) bond motifs is 4. The summed E-state index contributed by atoms with van der Waals surface area (Å²) < 4.78 is 0. The first-order valence-electron chi connectivity index (χ1n) is 19.7. The fourth-order valence-corrected chi connectivity index (χ4v) is 9.19. The van der Waals surface area contributed by atoms with E-state index >= 15 is 0 Å². The van der Waals surface area contributed by atoms with Crippen LogP contribution in [-0.2, 0) is 10.8 Å². The Balaban J connectivity index is 1.13. The van der Waals surface area contributed by atoms with E-state index in [4.69, 9.17) is 0 Å². The zero-order chi connectivity index (χ0) is 38.0. The number of hydrogen-bond acceptors (Lipinski definition) is 2. The van der Waals surface area contributed by atoms with E-state index in [1.165, 1.54) is 78.4 Å². The van der Waals surface area contributed by atoms with Crippen molar-refractivity contribution >= 4 is 34.1 Å². The number of para-hydroxylation sites is 2. The maximum atomic E-state index is 2.46. The molecule has 0 N–H and O–H groups in total. The van der Waals surface area contributed by atoms with Crippen molar-refractivity contribution in [2.75, 3.05) is 9.80 Å². The highest BCUT2D eigenvalue weighted by molar-refractivity contribution is 5.92. The van der Waals surface area contributed by atoms with E-state index in [2.05, 4.69) is 232 Å². The van der Waals surface area contributed by atoms with Gasteiger partial charge in [-0.2, -0.15) is 0 Å². The zero-order valence-electron chi connectivity index (χ0n) is 32.4. The molecule has 10 rings (SSSR count). The second kappa shape index (κ2) is 13.0. The Labute approximate surface area is 331 Å². The van der Waals surface area contributed by atoms with Crippen molar-refractivity contribution in [3.8, 4) is 33.4 Å². The van der Waals surface area contributed by atoms with Crippen LogP contribution in [0.25, 0.3) is 33.4 Å². The summed E-state index contributed by atoms with van der Waals surface area (Å²) in [4.78, 5) is 4.93. The van der Waals surface area contributed by atoms with Gasteiger partial charge < -0.3 is 9.80 Å². The van der Waals surface area contributed by atoms with Crippen LogP contribution in [0, 0.1) is 0 Å². The van der Waals surface area contributed by atoms with Gasteiger partial charge in [0.05, 0.1) is 22.7 Å². The van der Waals surface area contributed by atoms with Crippen molar-refractivity contribution in [1.82, 2.24) is 0 Å². The highest BCUT2D eigenvalue weighted by Gasteiger charge is 2.39. The Hall–Kier alpha value is -6.64. The second-order valence-corrected chi connectivity index (χ2v) is 16.3. The summed E-state index contributed by atoms with van der Waals surface area (Å²) in [6, 6.07) is 71.3. The molecule has 2 aliphatic heterocycles. The molecular formula is C54H44N2. The van der Waals surface area contributed by atoms with Gasteiger partial charge in [-0.25, -0.2) is 0 Å². The lowest BCUT2D eigenvalue weighted by Crippen LogP contribution is -2.31. The Morgan fingerprint density at radius 1 is 0.268 bits per heavy atom. The maximum Gasteiger partial charge on any atom is 0.0508 e. The quantitative estimate of drug-likeness (QED) is 0.175. The molecule has 2 heterocycles. The first-order chi connectivity index (χ1) is 27.3. The van der Waals surface area contributed by atoms with E-state index < -0.39 is 0 Å². The average molecular weight is 721 g/mol. The SMILES string of the molecule is CC1(C)c2ccc(-c3ccc4c(c3)N(c3ccccc3)c3ccc(-c5ccccc5)cc3C4(C)C)cc2N(c2ccccc2)c2ccc(-c3ccccc3)cc21. The second-order valence-electron chi connectivity index (χ2n) is 16.3. The lowest BCUT2D eigenvalue weighted by Gasteiger charge is -2.43. The minimum Gasteiger partial charge on any atom is -0.310 e. The maximum absolute atomic E-state index is 2.46. The lowest BCUT2D eigenvalue weighted by molar-refractivity contribution is 0.631. The Kier molecular flexibility index (Phi) is 7.87. The molecule has 0 spiro atoms. The third kappa shape index (κ3) is 5.39. The van der Waals surface area contributed by atoms with Crippen molar-refractivity contribution in [2.24, 2.45) is 0 Å².